The summed E-state index contributed by atoms with van der Waals surface area (Å²) in [6.45, 7) is 0. The molecule has 0 aliphatic carbocycles. The molecule has 0 aliphatic heterocycles. The molecule has 0 saturated carbocycles. The van der Waals surface area contributed by atoms with E-state index in [0.717, 1.165) is 22.2 Å². The van der Waals surface area contributed by atoms with Crippen molar-refractivity contribution < 1.29 is 0 Å². The van der Waals surface area contributed by atoms with Gasteiger partial charge in [-0.25, -0.2) is 0 Å². The van der Waals surface area contributed by atoms with Gasteiger partial charge in [-0.1, -0.05) is 18.2 Å². The SMILES string of the molecule is N#[N+]c1cc(-c2c[nH]c3ccccc23)[nH]n1. The van der Waals surface area contributed by atoms with Crippen LogP contribution in [0.25, 0.3) is 27.1 Å². The van der Waals surface area contributed by atoms with Gasteiger partial charge in [-0.3, -0.25) is 0 Å². The van der Waals surface area contributed by atoms with Crippen LogP contribution in [0, 0.1) is 5.39 Å². The van der Waals surface area contributed by atoms with Gasteiger partial charge in [0, 0.05) is 27.6 Å². The zero-order valence-corrected chi connectivity index (χ0v) is 8.31. The van der Waals surface area contributed by atoms with Gasteiger partial charge in [-0.15, -0.1) is 0 Å². The summed E-state index contributed by atoms with van der Waals surface area (Å²) in [5.41, 5.74) is 2.90. The second-order valence-corrected chi connectivity index (χ2v) is 3.49. The van der Waals surface area contributed by atoms with Crippen molar-refractivity contribution in [2.24, 2.45) is 0 Å². The number of para-hydroxylation sites is 1. The van der Waals surface area contributed by atoms with Crippen LogP contribution in [0.5, 0.6) is 0 Å². The molecule has 0 amide bonds. The van der Waals surface area contributed by atoms with Crippen LogP contribution in [0.3, 0.4) is 0 Å². The number of H-pyrrole nitrogens is 2. The molecule has 16 heavy (non-hydrogen) atoms. The standard InChI is InChI=1S/C11H7N5/c12-14-11-5-10(15-16-11)8-6-13-9-4-2-1-3-7(8)9/h1-6,12H/p+1. The summed E-state index contributed by atoms with van der Waals surface area (Å²) in [7, 11) is 0. The monoisotopic (exact) mass is 210 g/mol. The largest absolute Gasteiger partial charge is 0.488 e. The van der Waals surface area contributed by atoms with Crippen molar-refractivity contribution in [1.82, 2.24) is 15.2 Å². The highest BCUT2D eigenvalue weighted by Crippen LogP contribution is 2.28. The molecule has 0 fully saturated rings. The minimum Gasteiger partial charge on any atom is -0.360 e. The van der Waals surface area contributed by atoms with Gasteiger partial charge >= 0.3 is 5.82 Å². The second kappa shape index (κ2) is 3.21. The highest BCUT2D eigenvalue weighted by Gasteiger charge is 2.14. The highest BCUT2D eigenvalue weighted by atomic mass is 15.2. The van der Waals surface area contributed by atoms with Gasteiger partial charge in [0.2, 0.25) is 0 Å². The van der Waals surface area contributed by atoms with Crippen molar-refractivity contribution in [2.75, 3.05) is 0 Å². The first-order valence-corrected chi connectivity index (χ1v) is 4.85. The van der Waals surface area contributed by atoms with Crippen molar-refractivity contribution in [2.45, 2.75) is 0 Å². The van der Waals surface area contributed by atoms with E-state index in [1.54, 1.807) is 6.07 Å². The van der Waals surface area contributed by atoms with Crippen LogP contribution in [0.1, 0.15) is 0 Å². The average Bonchev–Trinajstić information content (AvgIpc) is 2.94. The molecule has 3 rings (SSSR count). The number of aromatic amines is 2. The summed E-state index contributed by atoms with van der Waals surface area (Å²) >= 11 is 0. The molecule has 0 radical (unpaired) electrons. The van der Waals surface area contributed by atoms with E-state index in [9.17, 15) is 0 Å². The molecule has 2 aromatic heterocycles. The number of hydrogen-bond donors (Lipinski definition) is 2. The molecular weight excluding hydrogens is 202 g/mol. The summed E-state index contributed by atoms with van der Waals surface area (Å²) in [6, 6.07) is 9.68. The maximum absolute atomic E-state index is 8.60. The zero-order chi connectivity index (χ0) is 11.0. The Hall–Kier alpha value is -2.61. The quantitative estimate of drug-likeness (QED) is 0.606. The van der Waals surface area contributed by atoms with Crippen LogP contribution in [-0.2, 0) is 0 Å². The van der Waals surface area contributed by atoms with Crippen LogP contribution in [0.15, 0.2) is 36.5 Å². The minimum absolute atomic E-state index is 0.278. The number of diazo groups is 1. The number of fused-ring (bicyclic) bond motifs is 1. The Morgan fingerprint density at radius 1 is 1.25 bits per heavy atom. The minimum atomic E-state index is 0.278. The van der Waals surface area contributed by atoms with Crippen LogP contribution < -0.4 is 0 Å². The molecule has 0 bridgehead atoms. The number of nitrogens with zero attached hydrogens (tertiary/aromatic N) is 3. The van der Waals surface area contributed by atoms with Crippen molar-refractivity contribution in [3.8, 4) is 11.3 Å². The molecule has 0 saturated heterocycles. The number of rotatable bonds is 1. The number of aromatic nitrogens is 3. The van der Waals surface area contributed by atoms with Gasteiger partial charge in [0.15, 0.2) is 0 Å². The Morgan fingerprint density at radius 3 is 2.94 bits per heavy atom. The average molecular weight is 210 g/mol. The first-order valence-electron chi connectivity index (χ1n) is 4.85. The van der Waals surface area contributed by atoms with Crippen molar-refractivity contribution >= 4 is 16.7 Å². The third kappa shape index (κ3) is 1.17. The third-order valence-corrected chi connectivity index (χ3v) is 2.55. The second-order valence-electron chi connectivity index (χ2n) is 3.49. The summed E-state index contributed by atoms with van der Waals surface area (Å²) < 4.78 is 0. The maximum Gasteiger partial charge on any atom is 0.488 e. The molecule has 1 aromatic carbocycles. The highest BCUT2D eigenvalue weighted by molar-refractivity contribution is 5.94. The Balaban J connectivity index is 2.23. The summed E-state index contributed by atoms with van der Waals surface area (Å²) in [6.07, 6.45) is 1.90. The van der Waals surface area contributed by atoms with E-state index in [0.29, 0.717) is 0 Å². The number of benzene rings is 1. The Morgan fingerprint density at radius 2 is 2.12 bits per heavy atom. The molecule has 0 spiro atoms. The van der Waals surface area contributed by atoms with Gasteiger partial charge in [0.05, 0.1) is 22.3 Å². The first-order chi connectivity index (χ1) is 7.88. The van der Waals surface area contributed by atoms with Gasteiger partial charge in [-0.05, 0) is 6.07 Å². The summed E-state index contributed by atoms with van der Waals surface area (Å²) in [4.78, 5) is 6.20. The van der Waals surface area contributed by atoms with Gasteiger partial charge < -0.3 is 4.98 Å². The topological polar surface area (TPSA) is 72.6 Å². The molecule has 0 atom stereocenters. The van der Waals surface area contributed by atoms with Gasteiger partial charge in [0.25, 0.3) is 0 Å². The molecule has 3 aromatic rings. The lowest BCUT2D eigenvalue weighted by molar-refractivity contribution is 1.10. The Bertz CT molecular complexity index is 686. The van der Waals surface area contributed by atoms with Gasteiger partial charge in [-0.2, -0.15) is 5.10 Å². The summed E-state index contributed by atoms with van der Waals surface area (Å²) in [5.74, 6) is 0.278. The zero-order valence-electron chi connectivity index (χ0n) is 8.31. The lowest BCUT2D eigenvalue weighted by Gasteiger charge is -1.91. The maximum atomic E-state index is 8.60. The molecule has 5 nitrogen and oxygen atoms in total. The molecule has 2 heterocycles. The van der Waals surface area contributed by atoms with E-state index < -0.39 is 0 Å². The Kier molecular flexibility index (Phi) is 1.74. The van der Waals surface area contributed by atoms with E-state index in [1.807, 2.05) is 30.5 Å². The van der Waals surface area contributed by atoms with Crippen molar-refractivity contribution in [1.29, 1.82) is 5.39 Å². The van der Waals surface area contributed by atoms with E-state index >= 15 is 0 Å². The van der Waals surface area contributed by atoms with E-state index in [1.165, 1.54) is 0 Å². The fraction of sp³-hybridized carbons (Fsp3) is 0. The van der Waals surface area contributed by atoms with Crippen LogP contribution >= 0.6 is 0 Å². The van der Waals surface area contributed by atoms with Crippen LogP contribution in [0.4, 0.5) is 5.82 Å². The van der Waals surface area contributed by atoms with Crippen molar-refractivity contribution in [3.05, 3.63) is 41.5 Å². The van der Waals surface area contributed by atoms with Crippen LogP contribution in [0.2, 0.25) is 0 Å². The fourth-order valence-electron chi connectivity index (χ4n) is 1.79. The molecule has 2 N–H and O–H groups in total. The predicted octanol–water partition coefficient (Wildman–Crippen LogP) is 3.04. The number of hydrogen-bond acceptors (Lipinski definition) is 2. The van der Waals surface area contributed by atoms with E-state index in [-0.39, 0.29) is 5.82 Å². The molecule has 76 valence electrons. The van der Waals surface area contributed by atoms with E-state index in [2.05, 4.69) is 20.2 Å². The molecule has 0 aliphatic rings. The first kappa shape index (κ1) is 8.68. The van der Waals surface area contributed by atoms with Crippen molar-refractivity contribution in [3.63, 3.8) is 0 Å². The normalized spacial score (nSPS) is 10.4. The lowest BCUT2D eigenvalue weighted by atomic mass is 10.1. The molecule has 0 unspecified atom stereocenters. The lowest BCUT2D eigenvalue weighted by Crippen LogP contribution is -1.74. The predicted molar refractivity (Wildman–Crippen MR) is 60.6 cm³/mol. The Labute approximate surface area is 90.7 Å². The third-order valence-electron chi connectivity index (χ3n) is 2.55. The number of nitrogens with one attached hydrogen (secondary N) is 2. The van der Waals surface area contributed by atoms with Crippen LogP contribution in [-0.4, -0.2) is 15.2 Å². The van der Waals surface area contributed by atoms with Gasteiger partial charge in [0.1, 0.15) is 0 Å². The van der Waals surface area contributed by atoms with E-state index in [4.69, 9.17) is 5.39 Å². The molecular formula is C11H8N5+. The smallest absolute Gasteiger partial charge is 0.360 e. The fourth-order valence-corrected chi connectivity index (χ4v) is 1.79. The molecule has 5 heteroatoms. The summed E-state index contributed by atoms with van der Waals surface area (Å²) in [5, 5.41) is 16.4.